The zero-order chi connectivity index (χ0) is 63.8. The molecule has 0 aliphatic rings. The van der Waals surface area contributed by atoms with Gasteiger partial charge in [0.1, 0.15) is 0 Å². The van der Waals surface area contributed by atoms with Crippen LogP contribution in [0.5, 0.6) is 0 Å². The van der Waals surface area contributed by atoms with Crippen LogP contribution in [0.1, 0.15) is 280 Å². The number of nitrogens with one attached hydrogen (secondary N) is 1. The second kappa shape index (κ2) is 57.2. The zero-order valence-electron chi connectivity index (χ0n) is 59.0. The molecule has 1 N–H and O–H groups in total. The van der Waals surface area contributed by atoms with Crippen LogP contribution < -0.4 is 5.32 Å². The predicted molar refractivity (Wildman–Crippen MR) is 353 cm³/mol. The van der Waals surface area contributed by atoms with Gasteiger partial charge in [-0.25, -0.2) is 4.68 Å². The summed E-state index contributed by atoms with van der Waals surface area (Å²) in [5, 5.41) is 12.4. The van der Waals surface area contributed by atoms with Gasteiger partial charge in [-0.05, 0) is 107 Å². The third-order valence-corrected chi connectivity index (χ3v) is 10.4. The Morgan fingerprint density at radius 2 is 0.897 bits per heavy atom. The van der Waals surface area contributed by atoms with Crippen LogP contribution >= 0.6 is 11.8 Å². The minimum absolute atomic E-state index is 0.00704. The molecule has 10 heteroatoms. The van der Waals surface area contributed by atoms with Crippen molar-refractivity contribution in [1.29, 1.82) is 0 Å². The highest BCUT2D eigenvalue weighted by Gasteiger charge is 2.14. The average molecular weight is 1120 g/mol. The van der Waals surface area contributed by atoms with Gasteiger partial charge in [-0.2, -0.15) is 11.8 Å². The quantitative estimate of drug-likeness (QED) is 0.0941. The molecule has 0 saturated heterocycles. The Balaban J connectivity index is -0.000000118. The summed E-state index contributed by atoms with van der Waals surface area (Å²) in [5.74, 6) is 12.8. The van der Waals surface area contributed by atoms with Crippen molar-refractivity contribution in [3.05, 3.63) is 36.2 Å². The molecule has 0 saturated carbocycles. The molecule has 1 rings (SSSR count). The summed E-state index contributed by atoms with van der Waals surface area (Å²) in [6, 6.07) is 0.991. The summed E-state index contributed by atoms with van der Waals surface area (Å²) in [5.41, 5.74) is 1.07. The summed E-state index contributed by atoms with van der Waals surface area (Å²) in [7, 11) is 1.84. The number of amides is 2. The maximum absolute atomic E-state index is 11.2. The molecule has 9 nitrogen and oxygen atoms in total. The molecule has 0 fully saturated rings. The molecule has 0 aliphatic carbocycles. The Hall–Kier alpha value is -3.06. The van der Waals surface area contributed by atoms with E-state index in [9.17, 15) is 14.4 Å². The van der Waals surface area contributed by atoms with E-state index < -0.39 is 0 Å². The molecule has 1 aromatic rings. The molecule has 0 bridgehead atoms. The number of aromatic nitrogens is 3. The molecule has 1 aromatic heterocycles. The second-order valence-electron chi connectivity index (χ2n) is 26.0. The number of nitrogens with zero attached hydrogens (tertiary/aromatic N) is 4. The van der Waals surface area contributed by atoms with E-state index in [4.69, 9.17) is 4.74 Å². The van der Waals surface area contributed by atoms with Gasteiger partial charge in [0.25, 0.3) is 0 Å². The minimum atomic E-state index is -0.120. The van der Waals surface area contributed by atoms with E-state index in [0.29, 0.717) is 53.5 Å². The Kier molecular flexibility index (Phi) is 67.0. The first-order valence-corrected chi connectivity index (χ1v) is 31.4. The molecule has 0 radical (unpaired) electrons. The minimum Gasteiger partial charge on any atom is -0.463 e. The Morgan fingerprint density at radius 1 is 0.551 bits per heavy atom. The van der Waals surface area contributed by atoms with E-state index in [2.05, 4.69) is 218 Å². The maximum Gasteiger partial charge on any atom is 0.308 e. The van der Waals surface area contributed by atoms with Crippen molar-refractivity contribution in [2.75, 3.05) is 7.05 Å². The highest BCUT2D eigenvalue weighted by molar-refractivity contribution is 8.00. The van der Waals surface area contributed by atoms with Crippen molar-refractivity contribution in [3.8, 4) is 11.8 Å². The lowest BCUT2D eigenvalue weighted by molar-refractivity contribution is -0.151. The fourth-order valence-corrected chi connectivity index (χ4v) is 5.81. The molecule has 0 aromatic carbocycles. The lowest BCUT2D eigenvalue weighted by atomic mass is 10.0. The van der Waals surface area contributed by atoms with E-state index in [1.807, 2.05) is 113 Å². The first kappa shape index (κ1) is 91.4. The number of ether oxygens (including phenoxy) is 1. The SMILES string of the molecule is CC(C)/C=C/C(C)C.CC(C)/C=C\C(C)C.CC(C)C#CC(C)C.CC(C)C(=O)N(C)C(C)C.CC(C)CCC(C)C.CC(C)NC(=O)C(C)C.CC(C)OC(=O)C(C)C.CC(C)SC(C)C.CC(C)c1cn(C(C)C)nn1. The van der Waals surface area contributed by atoms with E-state index in [-0.39, 0.29) is 47.7 Å². The Bertz CT molecular complexity index is 1480. The molecular formula is C68H139N5O4S. The van der Waals surface area contributed by atoms with Gasteiger partial charge in [-0.1, -0.05) is 236 Å². The lowest BCUT2D eigenvalue weighted by Crippen LogP contribution is -2.35. The number of hydrogen-bond acceptors (Lipinski definition) is 7. The highest BCUT2D eigenvalue weighted by atomic mass is 32.2. The van der Waals surface area contributed by atoms with Crippen LogP contribution in [0.4, 0.5) is 0 Å². The van der Waals surface area contributed by atoms with E-state index in [0.717, 1.165) is 28.0 Å². The lowest BCUT2D eigenvalue weighted by Gasteiger charge is -2.23. The molecule has 2 amide bonds. The second-order valence-corrected chi connectivity index (χ2v) is 28.1. The zero-order valence-corrected chi connectivity index (χ0v) is 59.8. The first-order valence-electron chi connectivity index (χ1n) is 30.5. The van der Waals surface area contributed by atoms with Crippen molar-refractivity contribution < 1.29 is 19.1 Å². The van der Waals surface area contributed by atoms with Crippen LogP contribution in [-0.4, -0.2) is 73.4 Å². The fourth-order valence-electron chi connectivity index (χ4n) is 4.72. The third kappa shape index (κ3) is 86.8. The normalized spacial score (nSPS) is 11.0. The van der Waals surface area contributed by atoms with Gasteiger partial charge in [0, 0.05) is 55.0 Å². The van der Waals surface area contributed by atoms with Crippen molar-refractivity contribution >= 4 is 29.5 Å². The van der Waals surface area contributed by atoms with Crippen LogP contribution in [-0.2, 0) is 19.1 Å². The van der Waals surface area contributed by atoms with E-state index in [1.54, 1.807) is 4.90 Å². The summed E-state index contributed by atoms with van der Waals surface area (Å²) >= 11 is 2.01. The molecule has 78 heavy (non-hydrogen) atoms. The first-order chi connectivity index (χ1) is 35.3. The number of carbonyl (C=O) groups excluding carboxylic acids is 3. The van der Waals surface area contributed by atoms with Crippen LogP contribution in [0.3, 0.4) is 0 Å². The van der Waals surface area contributed by atoms with Crippen molar-refractivity contribution in [2.45, 2.75) is 303 Å². The summed E-state index contributed by atoms with van der Waals surface area (Å²) in [6.07, 6.45) is 13.8. The number of rotatable bonds is 17. The highest BCUT2D eigenvalue weighted by Crippen LogP contribution is 2.15. The van der Waals surface area contributed by atoms with Gasteiger partial charge in [0.2, 0.25) is 11.8 Å². The summed E-state index contributed by atoms with van der Waals surface area (Å²) in [4.78, 5) is 34.6. The molecule has 0 aliphatic heterocycles. The van der Waals surface area contributed by atoms with E-state index >= 15 is 0 Å². The standard InChI is InChI=1S/C8H15N3.C8H17NO.C8H18.2C8H16.C8H14.C7H15NO.C7H14O2.C6H14S/c1-6(2)8-5-11(7(3)4)10-9-8;1-6(2)8(10)9(5)7(3)4;4*1-7(2)5-6-8(3)4;1-5(2)7(9)8-6(3)4;1-5(2)7(8)9-6(3)4;1-5(2)7-6(3)4/h5-7H,1-4H3;6-7H,1-5H3;7-8H,5-6H2,1-4H3;2*5-8H,1-4H3;7-8H,1-4H3;5-6H,1-4H3,(H,8,9);5-6H,1-4H3;5-6H,1-4H3/b;;;6-5+;6-5-;;;;. The predicted octanol–water partition coefficient (Wildman–Crippen LogP) is 19.9. The van der Waals surface area contributed by atoms with Crippen molar-refractivity contribution in [2.24, 2.45) is 65.1 Å². The molecule has 0 unspecified atom stereocenters. The van der Waals surface area contributed by atoms with Crippen LogP contribution in [0.25, 0.3) is 0 Å². The molecule has 466 valence electrons. The smallest absolute Gasteiger partial charge is 0.308 e. The molecule has 0 spiro atoms. The van der Waals surface area contributed by atoms with Gasteiger partial charge in [-0.3, -0.25) is 14.4 Å². The van der Waals surface area contributed by atoms with Crippen molar-refractivity contribution in [1.82, 2.24) is 25.2 Å². The van der Waals surface area contributed by atoms with Gasteiger partial charge in [0.05, 0.1) is 17.7 Å². The number of allylic oxidation sites excluding steroid dienone is 4. The van der Waals surface area contributed by atoms with Gasteiger partial charge < -0.3 is 15.0 Å². The number of carbonyl (C=O) groups is 3. The Labute approximate surface area is 494 Å². The number of hydrogen-bond donors (Lipinski definition) is 1. The van der Waals surface area contributed by atoms with Gasteiger partial charge in [0.15, 0.2) is 0 Å². The van der Waals surface area contributed by atoms with Crippen LogP contribution in [0, 0.1) is 76.9 Å². The van der Waals surface area contributed by atoms with Crippen LogP contribution in [0.2, 0.25) is 0 Å². The van der Waals surface area contributed by atoms with E-state index in [1.165, 1.54) is 12.8 Å². The Morgan fingerprint density at radius 3 is 1.01 bits per heavy atom. The van der Waals surface area contributed by atoms with Gasteiger partial charge >= 0.3 is 5.97 Å². The summed E-state index contributed by atoms with van der Waals surface area (Å²) < 4.78 is 6.76. The largest absolute Gasteiger partial charge is 0.463 e. The number of esters is 1. The topological polar surface area (TPSA) is 106 Å². The van der Waals surface area contributed by atoms with Crippen LogP contribution in [0.15, 0.2) is 30.5 Å². The van der Waals surface area contributed by atoms with Gasteiger partial charge in [-0.15, -0.1) is 16.9 Å². The fraction of sp³-hybridized carbons (Fsp3) is 0.838. The summed E-state index contributed by atoms with van der Waals surface area (Å²) in [6.45, 7) is 75.3. The third-order valence-electron chi connectivity index (χ3n) is 9.33. The maximum atomic E-state index is 11.2. The molecule has 0 atom stereocenters. The van der Waals surface area contributed by atoms with Crippen molar-refractivity contribution in [3.63, 3.8) is 0 Å². The molecular weight excluding hydrogens is 983 g/mol. The monoisotopic (exact) mass is 1120 g/mol. The number of thioether (sulfide) groups is 1. The molecule has 1 heterocycles. The average Bonchev–Trinajstić information content (AvgIpc) is 3.78.